The highest BCUT2D eigenvalue weighted by Gasteiger charge is 1.94. The number of hydrogen-bond donors (Lipinski definition) is 1. The maximum Gasteiger partial charge on any atom is 0.0223 e. The SMILES string of the molecule is CC/C=C\CCCCC/C=C/C(N)CCCC. The van der Waals surface area contributed by atoms with E-state index in [0.29, 0.717) is 0 Å². The predicted molar refractivity (Wildman–Crippen MR) is 79.2 cm³/mol. The molecule has 0 amide bonds. The predicted octanol–water partition coefficient (Wildman–Crippen LogP) is 4.98. The maximum atomic E-state index is 5.96. The van der Waals surface area contributed by atoms with Gasteiger partial charge in [0.05, 0.1) is 0 Å². The molecule has 1 heteroatoms. The Morgan fingerprint density at radius 1 is 0.882 bits per heavy atom. The lowest BCUT2D eigenvalue weighted by atomic mass is 10.1. The van der Waals surface area contributed by atoms with Gasteiger partial charge in [-0.2, -0.15) is 0 Å². The van der Waals surface area contributed by atoms with E-state index in [1.54, 1.807) is 0 Å². The monoisotopic (exact) mass is 237 g/mol. The highest BCUT2D eigenvalue weighted by molar-refractivity contribution is 4.91. The van der Waals surface area contributed by atoms with Gasteiger partial charge in [-0.25, -0.2) is 0 Å². The van der Waals surface area contributed by atoms with Gasteiger partial charge in [-0.15, -0.1) is 0 Å². The van der Waals surface area contributed by atoms with E-state index in [1.165, 1.54) is 51.4 Å². The van der Waals surface area contributed by atoms with Crippen LogP contribution in [-0.4, -0.2) is 6.04 Å². The van der Waals surface area contributed by atoms with Crippen molar-refractivity contribution in [2.75, 3.05) is 0 Å². The first-order valence-electron chi connectivity index (χ1n) is 7.38. The zero-order valence-electron chi connectivity index (χ0n) is 11.8. The molecule has 0 aliphatic carbocycles. The van der Waals surface area contributed by atoms with Crippen LogP contribution in [-0.2, 0) is 0 Å². The molecule has 17 heavy (non-hydrogen) atoms. The first kappa shape index (κ1) is 16.4. The molecular formula is C16H31N. The molecule has 0 aromatic rings. The van der Waals surface area contributed by atoms with Crippen molar-refractivity contribution < 1.29 is 0 Å². The Hall–Kier alpha value is -0.560. The molecule has 1 atom stereocenters. The molecule has 0 rings (SSSR count). The average molecular weight is 237 g/mol. The fourth-order valence-corrected chi connectivity index (χ4v) is 1.79. The van der Waals surface area contributed by atoms with Crippen molar-refractivity contribution in [3.63, 3.8) is 0 Å². The lowest BCUT2D eigenvalue weighted by Gasteiger charge is -2.04. The molecule has 0 fully saturated rings. The summed E-state index contributed by atoms with van der Waals surface area (Å²) < 4.78 is 0. The quantitative estimate of drug-likeness (QED) is 0.398. The van der Waals surface area contributed by atoms with Crippen molar-refractivity contribution >= 4 is 0 Å². The summed E-state index contributed by atoms with van der Waals surface area (Å²) in [5.74, 6) is 0. The summed E-state index contributed by atoms with van der Waals surface area (Å²) >= 11 is 0. The van der Waals surface area contributed by atoms with Crippen molar-refractivity contribution in [1.29, 1.82) is 0 Å². The third-order valence-electron chi connectivity index (χ3n) is 2.92. The van der Waals surface area contributed by atoms with Gasteiger partial charge in [0.1, 0.15) is 0 Å². The first-order chi connectivity index (χ1) is 8.31. The van der Waals surface area contributed by atoms with Crippen LogP contribution >= 0.6 is 0 Å². The molecule has 0 bridgehead atoms. The molecule has 0 radical (unpaired) electrons. The Bertz CT molecular complexity index is 194. The van der Waals surface area contributed by atoms with Crippen LogP contribution in [0.2, 0.25) is 0 Å². The molecule has 0 heterocycles. The van der Waals surface area contributed by atoms with E-state index in [4.69, 9.17) is 5.73 Å². The van der Waals surface area contributed by atoms with Gasteiger partial charge in [-0.05, 0) is 38.5 Å². The van der Waals surface area contributed by atoms with Gasteiger partial charge in [0.15, 0.2) is 0 Å². The second kappa shape index (κ2) is 13.5. The van der Waals surface area contributed by atoms with Crippen LogP contribution in [0.5, 0.6) is 0 Å². The third kappa shape index (κ3) is 13.4. The van der Waals surface area contributed by atoms with Crippen LogP contribution in [0.1, 0.15) is 71.6 Å². The minimum absolute atomic E-state index is 0.280. The number of nitrogens with two attached hydrogens (primary N) is 1. The van der Waals surface area contributed by atoms with Gasteiger partial charge in [0, 0.05) is 6.04 Å². The van der Waals surface area contributed by atoms with E-state index in [-0.39, 0.29) is 6.04 Å². The Labute approximate surface area is 108 Å². The molecule has 0 aromatic carbocycles. The van der Waals surface area contributed by atoms with Crippen LogP contribution in [0.25, 0.3) is 0 Å². The number of hydrogen-bond acceptors (Lipinski definition) is 1. The van der Waals surface area contributed by atoms with Gasteiger partial charge >= 0.3 is 0 Å². The van der Waals surface area contributed by atoms with Crippen molar-refractivity contribution in [2.24, 2.45) is 5.73 Å². The smallest absolute Gasteiger partial charge is 0.0223 e. The first-order valence-corrected chi connectivity index (χ1v) is 7.38. The lowest BCUT2D eigenvalue weighted by molar-refractivity contribution is 0.650. The van der Waals surface area contributed by atoms with Gasteiger partial charge in [0.2, 0.25) is 0 Å². The van der Waals surface area contributed by atoms with Crippen LogP contribution in [0.4, 0.5) is 0 Å². The minimum Gasteiger partial charge on any atom is -0.324 e. The molecule has 0 saturated carbocycles. The van der Waals surface area contributed by atoms with Crippen LogP contribution < -0.4 is 5.73 Å². The van der Waals surface area contributed by atoms with Gasteiger partial charge in [-0.3, -0.25) is 0 Å². The highest BCUT2D eigenvalue weighted by atomic mass is 14.6. The Balaban J connectivity index is 3.26. The summed E-state index contributed by atoms with van der Waals surface area (Å²) in [6.07, 6.45) is 20.2. The summed E-state index contributed by atoms with van der Waals surface area (Å²) in [7, 11) is 0. The van der Waals surface area contributed by atoms with E-state index >= 15 is 0 Å². The van der Waals surface area contributed by atoms with Crippen molar-refractivity contribution in [3.8, 4) is 0 Å². The molecule has 100 valence electrons. The van der Waals surface area contributed by atoms with E-state index in [0.717, 1.165) is 6.42 Å². The summed E-state index contributed by atoms with van der Waals surface area (Å²) in [5, 5.41) is 0. The number of unbranched alkanes of at least 4 members (excludes halogenated alkanes) is 5. The topological polar surface area (TPSA) is 26.0 Å². The zero-order valence-corrected chi connectivity index (χ0v) is 11.8. The second-order valence-corrected chi connectivity index (χ2v) is 4.75. The van der Waals surface area contributed by atoms with Crippen molar-refractivity contribution in [3.05, 3.63) is 24.3 Å². The molecule has 0 aliphatic heterocycles. The fourth-order valence-electron chi connectivity index (χ4n) is 1.79. The Morgan fingerprint density at radius 3 is 2.24 bits per heavy atom. The van der Waals surface area contributed by atoms with Crippen molar-refractivity contribution in [1.82, 2.24) is 0 Å². The summed E-state index contributed by atoms with van der Waals surface area (Å²) in [5.41, 5.74) is 5.96. The molecule has 0 saturated heterocycles. The molecule has 0 aromatic heterocycles. The maximum absolute atomic E-state index is 5.96. The molecule has 1 nitrogen and oxygen atoms in total. The van der Waals surface area contributed by atoms with Crippen LogP contribution in [0.15, 0.2) is 24.3 Å². The largest absolute Gasteiger partial charge is 0.324 e. The molecule has 0 spiro atoms. The third-order valence-corrected chi connectivity index (χ3v) is 2.92. The number of rotatable bonds is 11. The van der Waals surface area contributed by atoms with Crippen LogP contribution in [0, 0.1) is 0 Å². The van der Waals surface area contributed by atoms with E-state index in [2.05, 4.69) is 38.2 Å². The number of allylic oxidation sites excluding steroid dienone is 3. The minimum atomic E-state index is 0.280. The normalized spacial score (nSPS) is 13.8. The summed E-state index contributed by atoms with van der Waals surface area (Å²) in [4.78, 5) is 0. The molecular weight excluding hydrogens is 206 g/mol. The lowest BCUT2D eigenvalue weighted by Crippen LogP contribution is -2.16. The Kier molecular flexibility index (Phi) is 13.1. The van der Waals surface area contributed by atoms with Gasteiger partial charge in [-0.1, -0.05) is 57.4 Å². The summed E-state index contributed by atoms with van der Waals surface area (Å²) in [6, 6.07) is 0.280. The zero-order chi connectivity index (χ0) is 12.8. The van der Waals surface area contributed by atoms with Gasteiger partial charge < -0.3 is 5.73 Å². The standard InChI is InChI=1S/C16H31N/c1-3-5-7-8-9-10-11-12-13-15-16(17)14-6-4-2/h5,7,13,15-16H,3-4,6,8-12,14,17H2,1-2H3/b7-5-,15-13+. The van der Waals surface area contributed by atoms with E-state index in [1.807, 2.05) is 0 Å². The van der Waals surface area contributed by atoms with Crippen molar-refractivity contribution in [2.45, 2.75) is 77.7 Å². The fraction of sp³-hybridized carbons (Fsp3) is 0.750. The molecule has 2 N–H and O–H groups in total. The highest BCUT2D eigenvalue weighted by Crippen LogP contribution is 2.06. The van der Waals surface area contributed by atoms with E-state index < -0.39 is 0 Å². The van der Waals surface area contributed by atoms with E-state index in [9.17, 15) is 0 Å². The Morgan fingerprint density at radius 2 is 1.59 bits per heavy atom. The molecule has 0 aliphatic rings. The van der Waals surface area contributed by atoms with Gasteiger partial charge in [0.25, 0.3) is 0 Å². The average Bonchev–Trinajstić information content (AvgIpc) is 2.34. The molecule has 1 unspecified atom stereocenters. The summed E-state index contributed by atoms with van der Waals surface area (Å²) in [6.45, 7) is 4.40. The second-order valence-electron chi connectivity index (χ2n) is 4.75. The van der Waals surface area contributed by atoms with Crippen LogP contribution in [0.3, 0.4) is 0 Å².